The molecule has 106 valence electrons. The minimum absolute atomic E-state index is 0.161. The average Bonchev–Trinajstić information content (AvgIpc) is 2.48. The van der Waals surface area contributed by atoms with Gasteiger partial charge < -0.3 is 4.90 Å². The molecule has 0 spiro atoms. The Kier molecular flexibility index (Phi) is 4.17. The number of hydrogen-bond acceptors (Lipinski definition) is 3. The molecule has 1 N–H and O–H groups in total. The van der Waals surface area contributed by atoms with Gasteiger partial charge >= 0.3 is 0 Å². The van der Waals surface area contributed by atoms with E-state index in [0.29, 0.717) is 16.5 Å². The van der Waals surface area contributed by atoms with E-state index in [2.05, 4.69) is 24.0 Å². The summed E-state index contributed by atoms with van der Waals surface area (Å²) in [4.78, 5) is 26.0. The predicted molar refractivity (Wildman–Crippen MR) is 78.8 cm³/mol. The van der Waals surface area contributed by atoms with Gasteiger partial charge in [-0.05, 0) is 18.9 Å². The number of aromatic amines is 1. The lowest BCUT2D eigenvalue weighted by Crippen LogP contribution is -2.37. The Balaban J connectivity index is 2.51. The molecule has 0 atom stereocenters. The van der Waals surface area contributed by atoms with Crippen LogP contribution in [-0.4, -0.2) is 34.1 Å². The minimum atomic E-state index is -0.276. The highest BCUT2D eigenvalue weighted by Crippen LogP contribution is 2.16. The first-order chi connectivity index (χ1) is 9.60. The van der Waals surface area contributed by atoms with Crippen LogP contribution in [0, 0.1) is 0 Å². The Bertz CT molecular complexity index is 674. The topological polar surface area (TPSA) is 66.1 Å². The van der Waals surface area contributed by atoms with E-state index in [4.69, 9.17) is 0 Å². The van der Waals surface area contributed by atoms with Gasteiger partial charge in [-0.15, -0.1) is 0 Å². The van der Waals surface area contributed by atoms with Crippen molar-refractivity contribution in [3.05, 3.63) is 40.3 Å². The summed E-state index contributed by atoms with van der Waals surface area (Å²) >= 11 is 0. The minimum Gasteiger partial charge on any atom is -0.337 e. The highest BCUT2D eigenvalue weighted by molar-refractivity contribution is 6.04. The molecule has 2 rings (SSSR count). The third-order valence-corrected chi connectivity index (χ3v) is 3.71. The Morgan fingerprint density at radius 1 is 1.25 bits per heavy atom. The number of hydrogen-bond donors (Lipinski definition) is 1. The summed E-state index contributed by atoms with van der Waals surface area (Å²) in [6, 6.07) is 7.21. The molecule has 1 amide bonds. The van der Waals surface area contributed by atoms with Gasteiger partial charge in [-0.1, -0.05) is 32.0 Å². The van der Waals surface area contributed by atoms with Crippen LogP contribution in [0.3, 0.4) is 0 Å². The number of rotatable bonds is 4. The standard InChI is InChI=1S/C15H19N3O2/c1-4-10(5-2)18(3)15(20)13-11-8-6-7-9-12(11)14(19)17-16-13/h6-10H,4-5H2,1-3H3,(H,17,19). The molecule has 0 saturated heterocycles. The van der Waals surface area contributed by atoms with E-state index >= 15 is 0 Å². The third kappa shape index (κ3) is 2.43. The highest BCUT2D eigenvalue weighted by Gasteiger charge is 2.22. The monoisotopic (exact) mass is 273 g/mol. The van der Waals surface area contributed by atoms with Crippen LogP contribution in [0.5, 0.6) is 0 Å². The summed E-state index contributed by atoms with van der Waals surface area (Å²) in [5.74, 6) is -0.161. The highest BCUT2D eigenvalue weighted by atomic mass is 16.2. The molecule has 0 aliphatic carbocycles. The maximum atomic E-state index is 12.6. The molecule has 0 fully saturated rings. The summed E-state index contributed by atoms with van der Waals surface area (Å²) in [7, 11) is 1.78. The Morgan fingerprint density at radius 3 is 2.45 bits per heavy atom. The lowest BCUT2D eigenvalue weighted by atomic mass is 10.1. The van der Waals surface area contributed by atoms with Crippen molar-refractivity contribution in [2.45, 2.75) is 32.7 Å². The van der Waals surface area contributed by atoms with Gasteiger partial charge in [0.05, 0.1) is 5.39 Å². The summed E-state index contributed by atoms with van der Waals surface area (Å²) < 4.78 is 0. The summed E-state index contributed by atoms with van der Waals surface area (Å²) in [6.45, 7) is 4.10. The summed E-state index contributed by atoms with van der Waals surface area (Å²) in [6.07, 6.45) is 1.78. The zero-order valence-electron chi connectivity index (χ0n) is 12.0. The fraction of sp³-hybridized carbons (Fsp3) is 0.400. The summed E-state index contributed by atoms with van der Waals surface area (Å²) in [5.41, 5.74) is 0.0249. The van der Waals surface area contributed by atoms with Crippen LogP contribution in [0.15, 0.2) is 29.1 Å². The normalized spacial score (nSPS) is 11.0. The van der Waals surface area contributed by atoms with Crippen molar-refractivity contribution < 1.29 is 4.79 Å². The molecular weight excluding hydrogens is 254 g/mol. The van der Waals surface area contributed by atoms with Crippen molar-refractivity contribution in [2.75, 3.05) is 7.05 Å². The molecule has 1 aromatic carbocycles. The van der Waals surface area contributed by atoms with Crippen LogP contribution in [0.4, 0.5) is 0 Å². The van der Waals surface area contributed by atoms with E-state index in [1.807, 2.05) is 0 Å². The van der Waals surface area contributed by atoms with E-state index in [1.54, 1.807) is 36.2 Å². The van der Waals surface area contributed by atoms with Gasteiger partial charge in [-0.3, -0.25) is 9.59 Å². The lowest BCUT2D eigenvalue weighted by molar-refractivity contribution is 0.0718. The second-order valence-corrected chi connectivity index (χ2v) is 4.83. The quantitative estimate of drug-likeness (QED) is 0.928. The third-order valence-electron chi connectivity index (χ3n) is 3.71. The largest absolute Gasteiger partial charge is 0.337 e. The molecule has 0 unspecified atom stereocenters. The SMILES string of the molecule is CCC(CC)N(C)C(=O)c1n[nH]c(=O)c2ccccc12. The number of H-pyrrole nitrogens is 1. The van der Waals surface area contributed by atoms with E-state index in [-0.39, 0.29) is 17.5 Å². The Hall–Kier alpha value is -2.17. The number of amides is 1. The number of benzene rings is 1. The molecule has 0 saturated carbocycles. The van der Waals surface area contributed by atoms with Crippen molar-refractivity contribution in [2.24, 2.45) is 0 Å². The van der Waals surface area contributed by atoms with Gasteiger partial charge in [0.25, 0.3) is 11.5 Å². The predicted octanol–water partition coefficient (Wildman–Crippen LogP) is 2.18. The molecule has 20 heavy (non-hydrogen) atoms. The molecule has 1 aromatic heterocycles. The number of carbonyl (C=O) groups is 1. The maximum absolute atomic E-state index is 12.6. The average molecular weight is 273 g/mol. The molecule has 5 nitrogen and oxygen atoms in total. The molecule has 0 aliphatic rings. The fourth-order valence-electron chi connectivity index (χ4n) is 2.45. The maximum Gasteiger partial charge on any atom is 0.274 e. The number of carbonyl (C=O) groups excluding carboxylic acids is 1. The number of nitrogens with zero attached hydrogens (tertiary/aromatic N) is 2. The Labute approximate surface area is 117 Å². The second kappa shape index (κ2) is 5.86. The Morgan fingerprint density at radius 2 is 1.85 bits per heavy atom. The molecule has 0 aliphatic heterocycles. The number of fused-ring (bicyclic) bond motifs is 1. The van der Waals surface area contributed by atoms with Crippen LogP contribution < -0.4 is 5.56 Å². The summed E-state index contributed by atoms with van der Waals surface area (Å²) in [5, 5.41) is 7.44. The molecular formula is C15H19N3O2. The van der Waals surface area contributed by atoms with Crippen molar-refractivity contribution >= 4 is 16.7 Å². The van der Waals surface area contributed by atoms with Gasteiger partial charge in [0.2, 0.25) is 0 Å². The fourth-order valence-corrected chi connectivity index (χ4v) is 2.45. The van der Waals surface area contributed by atoms with Crippen molar-refractivity contribution in [1.29, 1.82) is 0 Å². The van der Waals surface area contributed by atoms with E-state index < -0.39 is 0 Å². The smallest absolute Gasteiger partial charge is 0.274 e. The van der Waals surface area contributed by atoms with E-state index in [1.165, 1.54) is 0 Å². The van der Waals surface area contributed by atoms with Crippen LogP contribution in [0.2, 0.25) is 0 Å². The van der Waals surface area contributed by atoms with Crippen molar-refractivity contribution in [1.82, 2.24) is 15.1 Å². The molecule has 5 heteroatoms. The molecule has 0 radical (unpaired) electrons. The first-order valence-electron chi connectivity index (χ1n) is 6.84. The van der Waals surface area contributed by atoms with E-state index in [0.717, 1.165) is 12.8 Å². The van der Waals surface area contributed by atoms with Crippen molar-refractivity contribution in [3.8, 4) is 0 Å². The van der Waals surface area contributed by atoms with Gasteiger partial charge in [0.1, 0.15) is 0 Å². The van der Waals surface area contributed by atoms with Gasteiger partial charge in [0.15, 0.2) is 5.69 Å². The lowest BCUT2D eigenvalue weighted by Gasteiger charge is -2.26. The number of aromatic nitrogens is 2. The van der Waals surface area contributed by atoms with Crippen LogP contribution in [-0.2, 0) is 0 Å². The van der Waals surface area contributed by atoms with Crippen molar-refractivity contribution in [3.63, 3.8) is 0 Å². The van der Waals surface area contributed by atoms with Gasteiger partial charge in [-0.25, -0.2) is 5.10 Å². The zero-order chi connectivity index (χ0) is 14.7. The first-order valence-corrected chi connectivity index (χ1v) is 6.84. The zero-order valence-corrected chi connectivity index (χ0v) is 12.0. The van der Waals surface area contributed by atoms with Gasteiger partial charge in [0, 0.05) is 18.5 Å². The van der Waals surface area contributed by atoms with Crippen LogP contribution in [0.1, 0.15) is 37.2 Å². The molecule has 2 aromatic rings. The molecule has 1 heterocycles. The van der Waals surface area contributed by atoms with Gasteiger partial charge in [-0.2, -0.15) is 5.10 Å². The molecule has 0 bridgehead atoms. The second-order valence-electron chi connectivity index (χ2n) is 4.83. The number of nitrogens with one attached hydrogen (secondary N) is 1. The van der Waals surface area contributed by atoms with Crippen LogP contribution >= 0.6 is 0 Å². The van der Waals surface area contributed by atoms with Crippen LogP contribution in [0.25, 0.3) is 10.8 Å². The van der Waals surface area contributed by atoms with E-state index in [9.17, 15) is 9.59 Å². The first kappa shape index (κ1) is 14.2.